The Kier molecular flexibility index (Phi) is 4.87. The lowest BCUT2D eigenvalue weighted by atomic mass is 10.0. The minimum atomic E-state index is 0.0253. The molecule has 0 bridgehead atoms. The molecule has 4 atom stereocenters. The number of hydrogen-bond donors (Lipinski definition) is 1. The predicted molar refractivity (Wildman–Crippen MR) is 73.8 cm³/mol. The van der Waals surface area contributed by atoms with Gasteiger partial charge in [0.25, 0.3) is 0 Å². The van der Waals surface area contributed by atoms with E-state index in [9.17, 15) is 0 Å². The van der Waals surface area contributed by atoms with Gasteiger partial charge in [-0.05, 0) is 18.6 Å². The van der Waals surface area contributed by atoms with Crippen molar-refractivity contribution in [2.45, 2.75) is 31.2 Å². The van der Waals surface area contributed by atoms with Crippen LogP contribution in [0, 0.1) is 0 Å². The van der Waals surface area contributed by atoms with Gasteiger partial charge in [0, 0.05) is 45.7 Å². The van der Waals surface area contributed by atoms with E-state index in [2.05, 4.69) is 16.0 Å². The summed E-state index contributed by atoms with van der Waals surface area (Å²) in [5.74, 6) is 0. The number of hydrogen-bond acceptors (Lipinski definition) is 5. The highest BCUT2D eigenvalue weighted by molar-refractivity contribution is 5.17. The first-order valence-corrected chi connectivity index (χ1v) is 6.62. The second kappa shape index (κ2) is 6.43. The maximum Gasteiger partial charge on any atom is 0.0972 e. The van der Waals surface area contributed by atoms with Gasteiger partial charge in [-0.3, -0.25) is 9.88 Å². The van der Waals surface area contributed by atoms with E-state index in [1.54, 1.807) is 20.4 Å². The summed E-state index contributed by atoms with van der Waals surface area (Å²) in [6.45, 7) is 3.69. The molecule has 2 N–H and O–H groups in total. The highest BCUT2D eigenvalue weighted by atomic mass is 16.5. The Labute approximate surface area is 114 Å². The molecule has 1 aliphatic heterocycles. The van der Waals surface area contributed by atoms with Crippen molar-refractivity contribution in [1.82, 2.24) is 9.88 Å². The van der Waals surface area contributed by atoms with Gasteiger partial charge in [0.15, 0.2) is 0 Å². The molecule has 2 rings (SSSR count). The SMILES string of the molecule is COC1CN(C(c2cccnc2)C(C)N)CC1OC. The van der Waals surface area contributed by atoms with Crippen molar-refractivity contribution in [3.05, 3.63) is 30.1 Å². The minimum absolute atomic E-state index is 0.0253. The average molecular weight is 265 g/mol. The summed E-state index contributed by atoms with van der Waals surface area (Å²) in [7, 11) is 3.45. The first kappa shape index (κ1) is 14.4. The lowest BCUT2D eigenvalue weighted by Gasteiger charge is -2.30. The lowest BCUT2D eigenvalue weighted by Crippen LogP contribution is -2.39. The van der Waals surface area contributed by atoms with Crippen LogP contribution in [0.2, 0.25) is 0 Å². The zero-order valence-electron chi connectivity index (χ0n) is 11.8. The maximum absolute atomic E-state index is 6.17. The fourth-order valence-corrected chi connectivity index (χ4v) is 2.85. The van der Waals surface area contributed by atoms with Crippen molar-refractivity contribution in [2.24, 2.45) is 5.73 Å². The summed E-state index contributed by atoms with van der Waals surface area (Å²) in [5, 5.41) is 0. The Morgan fingerprint density at radius 2 is 1.95 bits per heavy atom. The zero-order chi connectivity index (χ0) is 13.8. The van der Waals surface area contributed by atoms with Crippen molar-refractivity contribution >= 4 is 0 Å². The van der Waals surface area contributed by atoms with E-state index in [1.807, 2.05) is 19.2 Å². The maximum atomic E-state index is 6.17. The summed E-state index contributed by atoms with van der Waals surface area (Å²) in [4.78, 5) is 6.52. The lowest BCUT2D eigenvalue weighted by molar-refractivity contribution is -0.00461. The molecule has 1 aromatic heterocycles. The van der Waals surface area contributed by atoms with Crippen LogP contribution < -0.4 is 5.73 Å². The smallest absolute Gasteiger partial charge is 0.0972 e. The van der Waals surface area contributed by atoms with Gasteiger partial charge in [-0.2, -0.15) is 0 Å². The molecule has 0 aromatic carbocycles. The van der Waals surface area contributed by atoms with Gasteiger partial charge in [-0.15, -0.1) is 0 Å². The number of rotatable bonds is 5. The van der Waals surface area contributed by atoms with E-state index in [4.69, 9.17) is 15.2 Å². The third-order valence-corrected chi connectivity index (χ3v) is 3.77. The number of pyridine rings is 1. The largest absolute Gasteiger partial charge is 0.377 e. The quantitative estimate of drug-likeness (QED) is 0.854. The third-order valence-electron chi connectivity index (χ3n) is 3.77. The predicted octanol–water partition coefficient (Wildman–Crippen LogP) is 0.816. The number of nitrogens with zero attached hydrogens (tertiary/aromatic N) is 2. The highest BCUT2D eigenvalue weighted by Crippen LogP contribution is 2.28. The van der Waals surface area contributed by atoms with E-state index in [-0.39, 0.29) is 24.3 Å². The molecule has 0 aliphatic carbocycles. The van der Waals surface area contributed by atoms with Crippen LogP contribution in [0.15, 0.2) is 24.5 Å². The number of nitrogens with two attached hydrogens (primary N) is 1. The second-order valence-electron chi connectivity index (χ2n) is 5.09. The number of aromatic nitrogens is 1. The molecule has 106 valence electrons. The van der Waals surface area contributed by atoms with Crippen LogP contribution in [0.3, 0.4) is 0 Å². The molecular formula is C14H23N3O2. The fourth-order valence-electron chi connectivity index (χ4n) is 2.85. The van der Waals surface area contributed by atoms with Gasteiger partial charge >= 0.3 is 0 Å². The van der Waals surface area contributed by atoms with Crippen molar-refractivity contribution in [1.29, 1.82) is 0 Å². The van der Waals surface area contributed by atoms with Crippen LogP contribution in [0.4, 0.5) is 0 Å². The van der Waals surface area contributed by atoms with Gasteiger partial charge in [-0.1, -0.05) is 6.07 Å². The monoisotopic (exact) mass is 265 g/mol. The van der Waals surface area contributed by atoms with Crippen LogP contribution in [0.5, 0.6) is 0 Å². The summed E-state index contributed by atoms with van der Waals surface area (Å²) in [6.07, 6.45) is 3.86. The van der Waals surface area contributed by atoms with Gasteiger partial charge in [0.2, 0.25) is 0 Å². The highest BCUT2D eigenvalue weighted by Gasteiger charge is 2.38. The van der Waals surface area contributed by atoms with Crippen molar-refractivity contribution in [3.8, 4) is 0 Å². The fraction of sp³-hybridized carbons (Fsp3) is 0.643. The second-order valence-corrected chi connectivity index (χ2v) is 5.09. The molecule has 1 fully saturated rings. The number of likely N-dealkylation sites (tertiary alicyclic amines) is 1. The summed E-state index contributed by atoms with van der Waals surface area (Å²) < 4.78 is 11.0. The Hall–Kier alpha value is -1.01. The van der Waals surface area contributed by atoms with Crippen LogP contribution in [-0.4, -0.2) is 55.4 Å². The molecule has 5 heteroatoms. The van der Waals surface area contributed by atoms with E-state index >= 15 is 0 Å². The molecule has 0 radical (unpaired) electrons. The van der Waals surface area contributed by atoms with Crippen molar-refractivity contribution < 1.29 is 9.47 Å². The van der Waals surface area contributed by atoms with E-state index in [0.717, 1.165) is 18.7 Å². The molecule has 0 amide bonds. The van der Waals surface area contributed by atoms with Gasteiger partial charge < -0.3 is 15.2 Å². The van der Waals surface area contributed by atoms with E-state index in [1.165, 1.54) is 0 Å². The average Bonchev–Trinajstić information content (AvgIpc) is 2.82. The van der Waals surface area contributed by atoms with E-state index < -0.39 is 0 Å². The molecule has 1 saturated heterocycles. The first-order chi connectivity index (χ1) is 9.17. The Bertz CT molecular complexity index is 374. The number of ether oxygens (including phenoxy) is 2. The van der Waals surface area contributed by atoms with Crippen molar-refractivity contribution in [3.63, 3.8) is 0 Å². The molecule has 4 unspecified atom stereocenters. The van der Waals surface area contributed by atoms with Gasteiger partial charge in [0.1, 0.15) is 0 Å². The standard InChI is InChI=1S/C14H23N3O2/c1-10(15)14(11-5-4-6-16-7-11)17-8-12(18-2)13(9-17)19-3/h4-7,10,12-14H,8-9,15H2,1-3H3. The third kappa shape index (κ3) is 3.12. The Balaban J connectivity index is 2.18. The molecular weight excluding hydrogens is 242 g/mol. The van der Waals surface area contributed by atoms with Crippen LogP contribution >= 0.6 is 0 Å². The van der Waals surface area contributed by atoms with Gasteiger partial charge in [0.05, 0.1) is 18.2 Å². The van der Waals surface area contributed by atoms with Crippen molar-refractivity contribution in [2.75, 3.05) is 27.3 Å². The molecule has 19 heavy (non-hydrogen) atoms. The summed E-state index contributed by atoms with van der Waals surface area (Å²) in [5.41, 5.74) is 7.31. The van der Waals surface area contributed by atoms with Gasteiger partial charge in [-0.25, -0.2) is 0 Å². The van der Waals surface area contributed by atoms with E-state index in [0.29, 0.717) is 0 Å². The Morgan fingerprint density at radius 3 is 2.37 bits per heavy atom. The summed E-state index contributed by atoms with van der Waals surface area (Å²) in [6, 6.07) is 4.19. The minimum Gasteiger partial charge on any atom is -0.377 e. The van der Waals surface area contributed by atoms with Crippen LogP contribution in [0.25, 0.3) is 0 Å². The number of methoxy groups -OCH3 is 2. The molecule has 5 nitrogen and oxygen atoms in total. The van der Waals surface area contributed by atoms with Crippen LogP contribution in [-0.2, 0) is 9.47 Å². The molecule has 1 aromatic rings. The normalized spacial score (nSPS) is 27.4. The zero-order valence-corrected chi connectivity index (χ0v) is 11.8. The van der Waals surface area contributed by atoms with Crippen LogP contribution in [0.1, 0.15) is 18.5 Å². The first-order valence-electron chi connectivity index (χ1n) is 6.62. The Morgan fingerprint density at radius 1 is 1.32 bits per heavy atom. The molecule has 0 spiro atoms. The molecule has 0 saturated carbocycles. The molecule has 2 heterocycles. The summed E-state index contributed by atoms with van der Waals surface area (Å²) >= 11 is 0. The topological polar surface area (TPSA) is 60.6 Å². The molecule has 1 aliphatic rings.